The van der Waals surface area contributed by atoms with Crippen molar-refractivity contribution in [3.05, 3.63) is 59.9 Å². The second-order valence-corrected chi connectivity index (χ2v) is 5.98. The van der Waals surface area contributed by atoms with Crippen LogP contribution in [0.3, 0.4) is 0 Å². The molecule has 0 saturated heterocycles. The Bertz CT molecular complexity index is 949. The predicted molar refractivity (Wildman–Crippen MR) is 92.9 cm³/mol. The summed E-state index contributed by atoms with van der Waals surface area (Å²) in [5, 5.41) is 5.92. The molecule has 4 heterocycles. The molecule has 1 N–H and O–H groups in total. The van der Waals surface area contributed by atoms with Crippen LogP contribution in [0, 0.1) is 6.92 Å². The van der Waals surface area contributed by atoms with Crippen LogP contribution in [-0.4, -0.2) is 19.9 Å². The zero-order valence-electron chi connectivity index (χ0n) is 12.4. The van der Waals surface area contributed by atoms with E-state index in [1.807, 2.05) is 48.8 Å². The average Bonchev–Trinajstić information content (AvgIpc) is 3.09. The molecule has 4 aromatic rings. The maximum absolute atomic E-state index is 4.72. The molecule has 0 unspecified atom stereocenters. The van der Waals surface area contributed by atoms with Crippen molar-refractivity contribution in [2.45, 2.75) is 6.92 Å². The maximum Gasteiger partial charge on any atom is 0.188 e. The second kappa shape index (κ2) is 5.73. The van der Waals surface area contributed by atoms with Gasteiger partial charge in [-0.1, -0.05) is 0 Å². The van der Waals surface area contributed by atoms with E-state index in [4.69, 9.17) is 4.98 Å². The molecular formula is C17H13N5S. The number of nitrogens with zero attached hydrogens (tertiary/aromatic N) is 4. The number of aromatic nitrogens is 4. The average molecular weight is 319 g/mol. The standard InChI is InChI=1S/C17H13N5S/c1-11-6-7-18-14-4-3-13(21-16(11)14)12-2-5-15(20-10-12)22-17-19-8-9-23-17/h2-10H,1H3,(H,19,20,22). The van der Waals surface area contributed by atoms with Gasteiger partial charge in [0.25, 0.3) is 0 Å². The Morgan fingerprint density at radius 3 is 2.70 bits per heavy atom. The number of fused-ring (bicyclic) bond motifs is 1. The molecule has 4 rings (SSSR count). The minimum Gasteiger partial charge on any atom is -0.316 e. The fourth-order valence-corrected chi connectivity index (χ4v) is 2.87. The monoisotopic (exact) mass is 319 g/mol. The topological polar surface area (TPSA) is 63.6 Å². The van der Waals surface area contributed by atoms with E-state index in [1.54, 1.807) is 12.4 Å². The number of anilines is 2. The van der Waals surface area contributed by atoms with E-state index in [0.717, 1.165) is 38.8 Å². The Labute approximate surface area is 137 Å². The lowest BCUT2D eigenvalue weighted by Crippen LogP contribution is -1.94. The molecule has 0 fully saturated rings. The smallest absolute Gasteiger partial charge is 0.188 e. The molecule has 0 radical (unpaired) electrons. The lowest BCUT2D eigenvalue weighted by Gasteiger charge is -2.06. The van der Waals surface area contributed by atoms with Crippen molar-refractivity contribution in [2.75, 3.05) is 5.32 Å². The first-order valence-corrected chi connectivity index (χ1v) is 8.03. The van der Waals surface area contributed by atoms with E-state index in [1.165, 1.54) is 11.3 Å². The van der Waals surface area contributed by atoms with Crippen LogP contribution in [0.2, 0.25) is 0 Å². The Balaban J connectivity index is 1.66. The fourth-order valence-electron chi connectivity index (χ4n) is 2.33. The van der Waals surface area contributed by atoms with Gasteiger partial charge in [-0.2, -0.15) is 0 Å². The molecular weight excluding hydrogens is 306 g/mol. The number of pyridine rings is 3. The predicted octanol–water partition coefficient (Wildman–Crippen LogP) is 4.20. The van der Waals surface area contributed by atoms with E-state index >= 15 is 0 Å². The Hall–Kier alpha value is -2.86. The Morgan fingerprint density at radius 1 is 0.957 bits per heavy atom. The number of hydrogen-bond acceptors (Lipinski definition) is 6. The maximum atomic E-state index is 4.72. The summed E-state index contributed by atoms with van der Waals surface area (Å²) in [5.41, 5.74) is 4.81. The van der Waals surface area contributed by atoms with E-state index in [-0.39, 0.29) is 0 Å². The van der Waals surface area contributed by atoms with Crippen molar-refractivity contribution in [1.82, 2.24) is 19.9 Å². The van der Waals surface area contributed by atoms with Crippen molar-refractivity contribution >= 4 is 33.3 Å². The summed E-state index contributed by atoms with van der Waals surface area (Å²) in [6.45, 7) is 2.04. The molecule has 0 atom stereocenters. The molecule has 5 nitrogen and oxygen atoms in total. The van der Waals surface area contributed by atoms with Crippen LogP contribution in [0.1, 0.15) is 5.56 Å². The third kappa shape index (κ3) is 2.76. The summed E-state index contributed by atoms with van der Waals surface area (Å²) in [5.74, 6) is 0.766. The summed E-state index contributed by atoms with van der Waals surface area (Å²) >= 11 is 1.54. The summed E-state index contributed by atoms with van der Waals surface area (Å²) in [4.78, 5) is 17.7. The van der Waals surface area contributed by atoms with Crippen molar-refractivity contribution in [2.24, 2.45) is 0 Å². The normalized spacial score (nSPS) is 10.8. The summed E-state index contributed by atoms with van der Waals surface area (Å²) in [7, 11) is 0. The van der Waals surface area contributed by atoms with Gasteiger partial charge in [-0.05, 0) is 42.8 Å². The zero-order chi connectivity index (χ0) is 15.6. The molecule has 0 aliphatic rings. The van der Waals surface area contributed by atoms with Crippen LogP contribution < -0.4 is 5.32 Å². The first-order valence-electron chi connectivity index (χ1n) is 7.15. The van der Waals surface area contributed by atoms with Crippen molar-refractivity contribution < 1.29 is 0 Å². The molecule has 6 heteroatoms. The van der Waals surface area contributed by atoms with Crippen molar-refractivity contribution in [1.29, 1.82) is 0 Å². The molecule has 0 saturated carbocycles. The highest BCUT2D eigenvalue weighted by atomic mass is 32.1. The van der Waals surface area contributed by atoms with Gasteiger partial charge in [-0.25, -0.2) is 15.0 Å². The first kappa shape index (κ1) is 13.8. The summed E-state index contributed by atoms with van der Waals surface area (Å²) in [6.07, 6.45) is 5.38. The van der Waals surface area contributed by atoms with Gasteiger partial charge in [0.05, 0.1) is 16.7 Å². The van der Waals surface area contributed by atoms with Gasteiger partial charge in [-0.3, -0.25) is 4.98 Å². The number of hydrogen-bond donors (Lipinski definition) is 1. The Kier molecular flexibility index (Phi) is 3.44. The minimum absolute atomic E-state index is 0.766. The molecule has 0 bridgehead atoms. The molecule has 0 amide bonds. The molecule has 0 spiro atoms. The largest absolute Gasteiger partial charge is 0.316 e. The van der Waals surface area contributed by atoms with Gasteiger partial charge in [0.2, 0.25) is 0 Å². The van der Waals surface area contributed by atoms with Crippen LogP contribution in [0.25, 0.3) is 22.3 Å². The third-order valence-corrected chi connectivity index (χ3v) is 4.20. The lowest BCUT2D eigenvalue weighted by atomic mass is 10.1. The molecule has 0 aliphatic heterocycles. The summed E-state index contributed by atoms with van der Waals surface area (Å²) < 4.78 is 0. The van der Waals surface area contributed by atoms with Gasteiger partial charge in [0, 0.05) is 29.5 Å². The van der Waals surface area contributed by atoms with Crippen molar-refractivity contribution in [3.63, 3.8) is 0 Å². The van der Waals surface area contributed by atoms with E-state index in [9.17, 15) is 0 Å². The fraction of sp³-hybridized carbons (Fsp3) is 0.0588. The van der Waals surface area contributed by atoms with Crippen molar-refractivity contribution in [3.8, 4) is 11.3 Å². The number of rotatable bonds is 3. The van der Waals surface area contributed by atoms with Gasteiger partial charge >= 0.3 is 0 Å². The third-order valence-electron chi connectivity index (χ3n) is 3.51. The number of nitrogens with one attached hydrogen (secondary N) is 1. The van der Waals surface area contributed by atoms with Gasteiger partial charge < -0.3 is 5.32 Å². The quantitative estimate of drug-likeness (QED) is 0.613. The second-order valence-electron chi connectivity index (χ2n) is 5.09. The van der Waals surface area contributed by atoms with Crippen LogP contribution in [-0.2, 0) is 0 Å². The molecule has 112 valence electrons. The van der Waals surface area contributed by atoms with Crippen LogP contribution in [0.15, 0.2) is 54.3 Å². The minimum atomic E-state index is 0.766. The van der Waals surface area contributed by atoms with E-state index in [2.05, 4.69) is 20.3 Å². The van der Waals surface area contributed by atoms with Crippen LogP contribution >= 0.6 is 11.3 Å². The van der Waals surface area contributed by atoms with Crippen LogP contribution in [0.4, 0.5) is 10.9 Å². The highest BCUT2D eigenvalue weighted by molar-refractivity contribution is 7.13. The summed E-state index contributed by atoms with van der Waals surface area (Å²) in [6, 6.07) is 9.87. The van der Waals surface area contributed by atoms with Gasteiger partial charge in [-0.15, -0.1) is 11.3 Å². The lowest BCUT2D eigenvalue weighted by molar-refractivity contribution is 1.26. The highest BCUT2D eigenvalue weighted by Crippen LogP contribution is 2.23. The van der Waals surface area contributed by atoms with Gasteiger partial charge in [0.15, 0.2) is 5.13 Å². The van der Waals surface area contributed by atoms with Gasteiger partial charge in [0.1, 0.15) is 5.82 Å². The highest BCUT2D eigenvalue weighted by Gasteiger charge is 2.05. The number of aryl methyl sites for hydroxylation is 1. The van der Waals surface area contributed by atoms with E-state index < -0.39 is 0 Å². The molecule has 4 aromatic heterocycles. The molecule has 0 aliphatic carbocycles. The molecule has 0 aromatic carbocycles. The Morgan fingerprint density at radius 2 is 1.91 bits per heavy atom. The zero-order valence-corrected chi connectivity index (χ0v) is 13.2. The number of thiazole rings is 1. The van der Waals surface area contributed by atoms with Crippen LogP contribution in [0.5, 0.6) is 0 Å². The molecule has 23 heavy (non-hydrogen) atoms. The van der Waals surface area contributed by atoms with E-state index in [0.29, 0.717) is 0 Å². The first-order chi connectivity index (χ1) is 11.3. The SMILES string of the molecule is Cc1ccnc2ccc(-c3ccc(Nc4nccs4)nc3)nc12.